The van der Waals surface area contributed by atoms with Gasteiger partial charge in [0.15, 0.2) is 5.78 Å². The first-order valence-corrected chi connectivity index (χ1v) is 15.8. The van der Waals surface area contributed by atoms with Crippen molar-refractivity contribution >= 4 is 17.4 Å². The molecule has 0 fully saturated rings. The fraction of sp³-hybridized carbons (Fsp3) is 0.195. The molecule has 0 amide bonds. The summed E-state index contributed by atoms with van der Waals surface area (Å²) in [6, 6.07) is 32.3. The molecule has 4 aliphatic carbocycles. The van der Waals surface area contributed by atoms with Crippen molar-refractivity contribution in [3.63, 3.8) is 0 Å². The lowest BCUT2D eigenvalue weighted by Crippen LogP contribution is -2.28. The van der Waals surface area contributed by atoms with Gasteiger partial charge in [0.1, 0.15) is 23.0 Å². The highest BCUT2D eigenvalue weighted by atomic mass is 16.3. The maximum absolute atomic E-state index is 12.8. The Bertz CT molecular complexity index is 2070. The van der Waals surface area contributed by atoms with Crippen LogP contribution in [-0.4, -0.2) is 26.2 Å². The van der Waals surface area contributed by atoms with E-state index in [1.54, 1.807) is 36.4 Å². The molecule has 0 aliphatic heterocycles. The van der Waals surface area contributed by atoms with Crippen LogP contribution in [0.25, 0.3) is 11.6 Å². The number of rotatable bonds is 1. The Morgan fingerprint density at radius 2 is 0.891 bits per heavy atom. The average molecular weight is 607 g/mol. The van der Waals surface area contributed by atoms with E-state index in [-0.39, 0.29) is 22.7 Å². The third kappa shape index (κ3) is 4.66. The lowest BCUT2D eigenvalue weighted by molar-refractivity contribution is 0.0831. The lowest BCUT2D eigenvalue weighted by atomic mass is 9.77. The Labute approximate surface area is 267 Å². The van der Waals surface area contributed by atoms with Crippen LogP contribution in [-0.2, 0) is 38.5 Å². The quantitative estimate of drug-likeness (QED) is 0.158. The molecular formula is C41H34O5. The number of phenolic OH excluding ortho intramolecular Hbond substituents is 4. The van der Waals surface area contributed by atoms with Crippen molar-refractivity contribution in [2.24, 2.45) is 10.8 Å². The van der Waals surface area contributed by atoms with Crippen LogP contribution < -0.4 is 0 Å². The van der Waals surface area contributed by atoms with E-state index in [9.17, 15) is 25.2 Å². The fourth-order valence-electron chi connectivity index (χ4n) is 8.41. The second-order valence-electron chi connectivity index (χ2n) is 13.5. The van der Waals surface area contributed by atoms with E-state index >= 15 is 0 Å². The van der Waals surface area contributed by atoms with Crippen LogP contribution in [0.3, 0.4) is 0 Å². The van der Waals surface area contributed by atoms with Gasteiger partial charge in [-0.25, -0.2) is 0 Å². The third-order valence-electron chi connectivity index (χ3n) is 10.4. The number of hydrogen-bond donors (Lipinski definition) is 4. The van der Waals surface area contributed by atoms with Crippen LogP contribution in [0.1, 0.15) is 54.9 Å². The number of carbonyl (C=O) groups excluding carboxylic acids is 1. The van der Waals surface area contributed by atoms with E-state index in [1.165, 1.54) is 27.8 Å². The molecule has 4 N–H and O–H groups in total. The Morgan fingerprint density at radius 3 is 1.52 bits per heavy atom. The van der Waals surface area contributed by atoms with Crippen molar-refractivity contribution in [1.82, 2.24) is 0 Å². The Kier molecular flexibility index (Phi) is 6.36. The summed E-state index contributed by atoms with van der Waals surface area (Å²) < 4.78 is 0. The molecule has 0 saturated heterocycles. The Morgan fingerprint density at radius 1 is 0.457 bits per heavy atom. The van der Waals surface area contributed by atoms with Crippen LogP contribution >= 0.6 is 0 Å². The number of aromatic hydroxyl groups is 4. The summed E-state index contributed by atoms with van der Waals surface area (Å²) in [5.74, 6) is 1.17. The molecular weight excluding hydrogens is 572 g/mol. The standard InChI is InChI=1S/C24H20O2.C17H14O3/c25-20-8-6-17-13-24(15-19(17)11-20)14-18-7-9-21(26)12-22(18)23(24)10-16-4-2-1-3-5-16;18-13-3-1-10-7-17(9-12(10)5-13)8-11-2-4-14(19)6-15(11)16(17)20/h1-12,25-26H,13-15H2;1-6,18-19H,7-9H2/b23-10+;. The van der Waals surface area contributed by atoms with Crippen molar-refractivity contribution in [2.45, 2.75) is 38.5 Å². The number of hydrogen-bond acceptors (Lipinski definition) is 5. The third-order valence-corrected chi connectivity index (χ3v) is 10.4. The molecule has 2 spiro atoms. The van der Waals surface area contributed by atoms with Gasteiger partial charge < -0.3 is 20.4 Å². The largest absolute Gasteiger partial charge is 0.508 e. The molecule has 0 bridgehead atoms. The first kappa shape index (κ1) is 28.2. The topological polar surface area (TPSA) is 98.0 Å². The van der Waals surface area contributed by atoms with Gasteiger partial charge in [0, 0.05) is 16.4 Å². The van der Waals surface area contributed by atoms with Gasteiger partial charge in [-0.05, 0) is 137 Å². The molecule has 0 heterocycles. The van der Waals surface area contributed by atoms with Gasteiger partial charge in [0.2, 0.25) is 0 Å². The van der Waals surface area contributed by atoms with Crippen molar-refractivity contribution in [3.8, 4) is 23.0 Å². The van der Waals surface area contributed by atoms with Gasteiger partial charge in [0.05, 0.1) is 0 Å². The molecule has 5 aromatic carbocycles. The lowest BCUT2D eigenvalue weighted by Gasteiger charge is -2.26. The monoisotopic (exact) mass is 606 g/mol. The molecule has 228 valence electrons. The molecule has 5 heteroatoms. The first-order chi connectivity index (χ1) is 22.2. The minimum atomic E-state index is -0.410. The summed E-state index contributed by atoms with van der Waals surface area (Å²) in [7, 11) is 0. The number of carbonyl (C=O) groups is 1. The number of phenols is 4. The molecule has 2 unspecified atom stereocenters. The Hall–Kier alpha value is -5.29. The van der Waals surface area contributed by atoms with Gasteiger partial charge >= 0.3 is 0 Å². The normalized spacial score (nSPS) is 22.4. The summed E-state index contributed by atoms with van der Waals surface area (Å²) in [5.41, 5.74) is 11.0. The molecule has 0 radical (unpaired) electrons. The van der Waals surface area contributed by atoms with Crippen molar-refractivity contribution in [2.75, 3.05) is 0 Å². The van der Waals surface area contributed by atoms with E-state index in [0.717, 1.165) is 54.4 Å². The van der Waals surface area contributed by atoms with Gasteiger partial charge in [-0.2, -0.15) is 0 Å². The van der Waals surface area contributed by atoms with E-state index < -0.39 is 5.41 Å². The number of Topliss-reactive ketones (excluding diaryl/α,β-unsaturated/α-hetero) is 1. The zero-order valence-corrected chi connectivity index (χ0v) is 25.3. The highest BCUT2D eigenvalue weighted by Crippen LogP contribution is 2.56. The van der Waals surface area contributed by atoms with Crippen molar-refractivity contribution < 1.29 is 25.2 Å². The van der Waals surface area contributed by atoms with Gasteiger partial charge in [-0.3, -0.25) is 4.79 Å². The van der Waals surface area contributed by atoms with Crippen LogP contribution in [0, 0.1) is 10.8 Å². The van der Waals surface area contributed by atoms with Crippen LogP contribution in [0.5, 0.6) is 23.0 Å². The molecule has 5 aromatic rings. The van der Waals surface area contributed by atoms with E-state index in [0.29, 0.717) is 23.5 Å². The predicted octanol–water partition coefficient (Wildman–Crippen LogP) is 7.60. The molecule has 0 aromatic heterocycles. The molecule has 9 rings (SSSR count). The van der Waals surface area contributed by atoms with Gasteiger partial charge in [-0.1, -0.05) is 60.7 Å². The average Bonchev–Trinajstić information content (AvgIpc) is 3.74. The van der Waals surface area contributed by atoms with Crippen LogP contribution in [0.4, 0.5) is 0 Å². The second-order valence-corrected chi connectivity index (χ2v) is 13.5. The smallest absolute Gasteiger partial charge is 0.170 e. The minimum Gasteiger partial charge on any atom is -0.508 e. The van der Waals surface area contributed by atoms with E-state index in [4.69, 9.17) is 0 Å². The number of ketones is 1. The number of allylic oxidation sites excluding steroid dienone is 1. The van der Waals surface area contributed by atoms with Crippen molar-refractivity contribution in [3.05, 3.63) is 153 Å². The highest BCUT2D eigenvalue weighted by molar-refractivity contribution is 6.06. The summed E-state index contributed by atoms with van der Waals surface area (Å²) >= 11 is 0. The van der Waals surface area contributed by atoms with E-state index in [1.807, 2.05) is 30.3 Å². The van der Waals surface area contributed by atoms with E-state index in [2.05, 4.69) is 42.5 Å². The predicted molar refractivity (Wildman–Crippen MR) is 178 cm³/mol. The Balaban J connectivity index is 0.000000140. The maximum atomic E-state index is 12.8. The summed E-state index contributed by atoms with van der Waals surface area (Å²) in [6.45, 7) is 0. The molecule has 4 aliphatic rings. The van der Waals surface area contributed by atoms with Crippen LogP contribution in [0.2, 0.25) is 0 Å². The summed E-state index contributed by atoms with van der Waals surface area (Å²) in [6.07, 6.45) is 7.24. The SMILES string of the molecule is O=C1c2cc(O)ccc2CC12Cc1ccc(O)cc1C2.Oc1ccc2c(c1)CC1(C2)Cc2ccc(O)cc2/C1=C\c1ccccc1. The first-order valence-electron chi connectivity index (χ1n) is 15.8. The van der Waals surface area contributed by atoms with Gasteiger partial charge in [0.25, 0.3) is 0 Å². The zero-order valence-electron chi connectivity index (χ0n) is 25.3. The van der Waals surface area contributed by atoms with Gasteiger partial charge in [-0.15, -0.1) is 0 Å². The second kappa shape index (κ2) is 10.4. The summed E-state index contributed by atoms with van der Waals surface area (Å²) in [4.78, 5) is 12.8. The summed E-state index contributed by atoms with van der Waals surface area (Å²) in [5, 5.41) is 39.1. The number of fused-ring (bicyclic) bond motifs is 4. The zero-order chi connectivity index (χ0) is 31.6. The van der Waals surface area contributed by atoms with Crippen molar-refractivity contribution in [1.29, 1.82) is 0 Å². The highest BCUT2D eigenvalue weighted by Gasteiger charge is 2.49. The minimum absolute atomic E-state index is 0.00208. The molecule has 46 heavy (non-hydrogen) atoms. The number of benzene rings is 5. The molecule has 0 saturated carbocycles. The maximum Gasteiger partial charge on any atom is 0.170 e. The van der Waals surface area contributed by atoms with Crippen LogP contribution in [0.15, 0.2) is 103 Å². The molecule has 2 atom stereocenters. The molecule has 5 nitrogen and oxygen atoms in total. The fourth-order valence-corrected chi connectivity index (χ4v) is 8.41.